The molecule has 5 nitrogen and oxygen atoms in total. The highest BCUT2D eigenvalue weighted by atomic mass is 15.3. The lowest BCUT2D eigenvalue weighted by Gasteiger charge is -2.08. The van der Waals surface area contributed by atoms with Gasteiger partial charge in [-0.15, -0.1) is 0 Å². The van der Waals surface area contributed by atoms with Crippen LogP contribution in [0, 0.1) is 11.3 Å². The molecule has 0 spiro atoms. The summed E-state index contributed by atoms with van der Waals surface area (Å²) in [4.78, 5) is 0. The third kappa shape index (κ3) is 2.43. The Hall–Kier alpha value is -2.48. The van der Waals surface area contributed by atoms with Crippen LogP contribution >= 0.6 is 0 Å². The number of nitrogen functional groups attached to an aromatic ring is 1. The summed E-state index contributed by atoms with van der Waals surface area (Å²) in [6, 6.07) is 9.38. The minimum Gasteiger partial charge on any atom is -0.396 e. The highest BCUT2D eigenvalue weighted by Gasteiger charge is 2.04. The van der Waals surface area contributed by atoms with E-state index >= 15 is 0 Å². The Morgan fingerprint density at radius 3 is 2.94 bits per heavy atom. The first-order valence-corrected chi connectivity index (χ1v) is 5.79. The standard InChI is InChI=1S/C13H15N5/c1-2-18-7-6-11(17-18)9-16-12-5-3-4-10(8-14)13(12)15/h3-7,16H,2,9,15H2,1H3. The molecule has 0 aliphatic heterocycles. The summed E-state index contributed by atoms with van der Waals surface area (Å²) in [6.45, 7) is 3.48. The average Bonchev–Trinajstić information content (AvgIpc) is 2.85. The molecule has 3 N–H and O–H groups in total. The molecule has 92 valence electrons. The summed E-state index contributed by atoms with van der Waals surface area (Å²) in [5.41, 5.74) is 8.55. The number of rotatable bonds is 4. The first-order chi connectivity index (χ1) is 8.74. The SMILES string of the molecule is CCn1ccc(CNc2cccc(C#N)c2N)n1. The summed E-state index contributed by atoms with van der Waals surface area (Å²) in [7, 11) is 0. The van der Waals surface area contributed by atoms with Gasteiger partial charge in [-0.25, -0.2) is 0 Å². The topological polar surface area (TPSA) is 79.7 Å². The molecule has 1 aromatic carbocycles. The summed E-state index contributed by atoms with van der Waals surface area (Å²) in [5.74, 6) is 0. The number of anilines is 2. The van der Waals surface area contributed by atoms with Gasteiger partial charge in [-0.1, -0.05) is 6.07 Å². The molecule has 0 saturated heterocycles. The van der Waals surface area contributed by atoms with Crippen LogP contribution in [0.5, 0.6) is 0 Å². The van der Waals surface area contributed by atoms with Crippen LogP contribution in [0.15, 0.2) is 30.5 Å². The molecule has 1 heterocycles. The van der Waals surface area contributed by atoms with E-state index in [4.69, 9.17) is 11.0 Å². The van der Waals surface area contributed by atoms with Crippen molar-refractivity contribution >= 4 is 11.4 Å². The van der Waals surface area contributed by atoms with Crippen molar-refractivity contribution in [2.24, 2.45) is 0 Å². The zero-order chi connectivity index (χ0) is 13.0. The van der Waals surface area contributed by atoms with Crippen molar-refractivity contribution in [1.29, 1.82) is 5.26 Å². The molecule has 2 aromatic rings. The van der Waals surface area contributed by atoms with Crippen LogP contribution in [0.4, 0.5) is 11.4 Å². The fourth-order valence-corrected chi connectivity index (χ4v) is 1.68. The predicted octanol–water partition coefficient (Wildman–Crippen LogP) is 1.97. The van der Waals surface area contributed by atoms with Crippen molar-refractivity contribution in [3.8, 4) is 6.07 Å². The van der Waals surface area contributed by atoms with Gasteiger partial charge in [0.15, 0.2) is 0 Å². The van der Waals surface area contributed by atoms with Gasteiger partial charge in [0.05, 0.1) is 29.2 Å². The molecule has 0 atom stereocenters. The van der Waals surface area contributed by atoms with Crippen molar-refractivity contribution in [2.75, 3.05) is 11.1 Å². The third-order valence-electron chi connectivity index (χ3n) is 2.71. The van der Waals surface area contributed by atoms with E-state index in [0.717, 1.165) is 17.9 Å². The van der Waals surface area contributed by atoms with Crippen LogP contribution in [0.1, 0.15) is 18.2 Å². The smallest absolute Gasteiger partial charge is 0.101 e. The minimum atomic E-state index is 0.481. The molecule has 0 aliphatic rings. The largest absolute Gasteiger partial charge is 0.396 e. The van der Waals surface area contributed by atoms with Crippen LogP contribution < -0.4 is 11.1 Å². The number of para-hydroxylation sites is 1. The molecule has 18 heavy (non-hydrogen) atoms. The molecule has 0 fully saturated rings. The fourth-order valence-electron chi connectivity index (χ4n) is 1.68. The normalized spacial score (nSPS) is 10.0. The Morgan fingerprint density at radius 2 is 2.28 bits per heavy atom. The quantitative estimate of drug-likeness (QED) is 0.802. The Labute approximate surface area is 106 Å². The number of aryl methyl sites for hydroxylation is 1. The fraction of sp³-hybridized carbons (Fsp3) is 0.231. The maximum Gasteiger partial charge on any atom is 0.101 e. The van der Waals surface area contributed by atoms with Crippen LogP contribution in [0.25, 0.3) is 0 Å². The zero-order valence-electron chi connectivity index (χ0n) is 10.2. The van der Waals surface area contributed by atoms with E-state index in [-0.39, 0.29) is 0 Å². The lowest BCUT2D eigenvalue weighted by molar-refractivity contribution is 0.649. The number of nitrogens with zero attached hydrogens (tertiary/aromatic N) is 3. The lowest BCUT2D eigenvalue weighted by Crippen LogP contribution is -2.05. The average molecular weight is 241 g/mol. The van der Waals surface area contributed by atoms with Crippen molar-refractivity contribution in [3.63, 3.8) is 0 Å². The number of nitrogens with one attached hydrogen (secondary N) is 1. The van der Waals surface area contributed by atoms with Gasteiger partial charge in [-0.05, 0) is 25.1 Å². The molecule has 0 amide bonds. The highest BCUT2D eigenvalue weighted by molar-refractivity contribution is 5.72. The van der Waals surface area contributed by atoms with Gasteiger partial charge in [0.1, 0.15) is 6.07 Å². The van der Waals surface area contributed by atoms with Gasteiger partial charge >= 0.3 is 0 Å². The molecule has 0 saturated carbocycles. The van der Waals surface area contributed by atoms with Crippen LogP contribution in [0.2, 0.25) is 0 Å². The number of benzene rings is 1. The maximum absolute atomic E-state index is 8.89. The maximum atomic E-state index is 8.89. The molecular formula is C13H15N5. The summed E-state index contributed by atoms with van der Waals surface area (Å²) >= 11 is 0. The first-order valence-electron chi connectivity index (χ1n) is 5.79. The van der Waals surface area contributed by atoms with Gasteiger partial charge in [0.2, 0.25) is 0 Å². The molecule has 0 radical (unpaired) electrons. The number of hydrogen-bond donors (Lipinski definition) is 2. The van der Waals surface area contributed by atoms with Gasteiger partial charge < -0.3 is 11.1 Å². The van der Waals surface area contributed by atoms with E-state index in [9.17, 15) is 0 Å². The van der Waals surface area contributed by atoms with E-state index in [1.807, 2.05) is 36.0 Å². The van der Waals surface area contributed by atoms with Crippen LogP contribution in [0.3, 0.4) is 0 Å². The van der Waals surface area contributed by atoms with Crippen molar-refractivity contribution in [1.82, 2.24) is 9.78 Å². The van der Waals surface area contributed by atoms with E-state index in [0.29, 0.717) is 17.8 Å². The predicted molar refractivity (Wildman–Crippen MR) is 70.8 cm³/mol. The number of nitriles is 1. The first kappa shape index (κ1) is 12.0. The number of nitrogens with two attached hydrogens (primary N) is 1. The molecule has 5 heteroatoms. The lowest BCUT2D eigenvalue weighted by atomic mass is 10.1. The Morgan fingerprint density at radius 1 is 1.44 bits per heavy atom. The van der Waals surface area contributed by atoms with Crippen molar-refractivity contribution in [2.45, 2.75) is 20.0 Å². The zero-order valence-corrected chi connectivity index (χ0v) is 10.2. The van der Waals surface area contributed by atoms with Crippen LogP contribution in [-0.4, -0.2) is 9.78 Å². The molecular weight excluding hydrogens is 226 g/mol. The summed E-state index contributed by atoms with van der Waals surface area (Å²) < 4.78 is 1.87. The second-order valence-corrected chi connectivity index (χ2v) is 3.89. The monoisotopic (exact) mass is 241 g/mol. The molecule has 2 rings (SSSR count). The molecule has 0 aliphatic carbocycles. The highest BCUT2D eigenvalue weighted by Crippen LogP contribution is 2.22. The Bertz CT molecular complexity index is 579. The van der Waals surface area contributed by atoms with E-state index in [1.54, 1.807) is 6.07 Å². The third-order valence-corrected chi connectivity index (χ3v) is 2.71. The Balaban J connectivity index is 2.09. The summed E-state index contributed by atoms with van der Waals surface area (Å²) in [6.07, 6.45) is 1.94. The van der Waals surface area contributed by atoms with Crippen LogP contribution in [-0.2, 0) is 13.1 Å². The van der Waals surface area contributed by atoms with Gasteiger partial charge in [-0.3, -0.25) is 4.68 Å². The molecule has 0 bridgehead atoms. The van der Waals surface area contributed by atoms with Gasteiger partial charge in [0.25, 0.3) is 0 Å². The molecule has 0 unspecified atom stereocenters. The number of hydrogen-bond acceptors (Lipinski definition) is 4. The summed E-state index contributed by atoms with van der Waals surface area (Å²) in [5, 5.41) is 16.4. The molecule has 1 aromatic heterocycles. The van der Waals surface area contributed by atoms with Gasteiger partial charge in [-0.2, -0.15) is 10.4 Å². The number of aromatic nitrogens is 2. The van der Waals surface area contributed by atoms with E-state index < -0.39 is 0 Å². The van der Waals surface area contributed by atoms with Crippen molar-refractivity contribution in [3.05, 3.63) is 41.7 Å². The minimum absolute atomic E-state index is 0.481. The second kappa shape index (κ2) is 5.23. The van der Waals surface area contributed by atoms with Crippen molar-refractivity contribution < 1.29 is 0 Å². The Kier molecular flexibility index (Phi) is 3.49. The van der Waals surface area contributed by atoms with E-state index in [1.165, 1.54) is 0 Å². The van der Waals surface area contributed by atoms with Gasteiger partial charge in [0, 0.05) is 12.7 Å². The van der Waals surface area contributed by atoms with E-state index in [2.05, 4.69) is 16.5 Å². The second-order valence-electron chi connectivity index (χ2n) is 3.89.